The van der Waals surface area contributed by atoms with Crippen LogP contribution in [-0.2, 0) is 6.54 Å². The van der Waals surface area contributed by atoms with Crippen molar-refractivity contribution in [3.63, 3.8) is 0 Å². The summed E-state index contributed by atoms with van der Waals surface area (Å²) in [7, 11) is 0. The number of rotatable bonds is 4. The molecule has 0 aliphatic carbocycles. The third-order valence-electron chi connectivity index (χ3n) is 2.65. The van der Waals surface area contributed by atoms with Gasteiger partial charge in [0.05, 0.1) is 11.0 Å². The van der Waals surface area contributed by atoms with Crippen molar-refractivity contribution < 1.29 is 4.42 Å². The van der Waals surface area contributed by atoms with Crippen molar-refractivity contribution in [2.45, 2.75) is 19.5 Å². The molecule has 1 atom stereocenters. The molecule has 96 valence electrons. The highest BCUT2D eigenvalue weighted by molar-refractivity contribution is 9.13. The summed E-state index contributed by atoms with van der Waals surface area (Å²) in [6.07, 6.45) is 0. The second-order valence-electron chi connectivity index (χ2n) is 3.96. The van der Waals surface area contributed by atoms with E-state index in [9.17, 15) is 0 Å². The summed E-state index contributed by atoms with van der Waals surface area (Å²) in [4.78, 5) is 0. The van der Waals surface area contributed by atoms with Gasteiger partial charge >= 0.3 is 0 Å². The van der Waals surface area contributed by atoms with Crippen LogP contribution in [0.5, 0.6) is 0 Å². The molecule has 0 radical (unpaired) electrons. The van der Waals surface area contributed by atoms with Crippen LogP contribution in [0.2, 0.25) is 5.02 Å². The Labute approximate surface area is 128 Å². The second kappa shape index (κ2) is 6.24. The zero-order valence-electron chi connectivity index (χ0n) is 9.71. The number of benzene rings is 1. The van der Waals surface area contributed by atoms with Gasteiger partial charge < -0.3 is 9.73 Å². The first kappa shape index (κ1) is 14.1. The lowest BCUT2D eigenvalue weighted by molar-refractivity contribution is 0.446. The number of furan rings is 1. The highest BCUT2D eigenvalue weighted by Crippen LogP contribution is 2.27. The van der Waals surface area contributed by atoms with Crippen molar-refractivity contribution >= 4 is 43.5 Å². The van der Waals surface area contributed by atoms with E-state index in [-0.39, 0.29) is 6.04 Å². The zero-order chi connectivity index (χ0) is 13.1. The summed E-state index contributed by atoms with van der Waals surface area (Å²) < 4.78 is 7.14. The van der Waals surface area contributed by atoms with Gasteiger partial charge in [0.15, 0.2) is 4.67 Å². The monoisotopic (exact) mass is 391 g/mol. The minimum atomic E-state index is 0.168. The molecule has 0 aliphatic rings. The Hall–Kier alpha value is -0.290. The number of hydrogen-bond acceptors (Lipinski definition) is 2. The smallest absolute Gasteiger partial charge is 0.183 e. The first-order valence-corrected chi connectivity index (χ1v) is 7.46. The van der Waals surface area contributed by atoms with Crippen molar-refractivity contribution in [1.29, 1.82) is 0 Å². The Kier molecular flexibility index (Phi) is 4.90. The summed E-state index contributed by atoms with van der Waals surface area (Å²) in [5, 5.41) is 4.15. The van der Waals surface area contributed by atoms with Crippen LogP contribution in [0.3, 0.4) is 0 Å². The molecule has 1 unspecified atom stereocenters. The van der Waals surface area contributed by atoms with Crippen molar-refractivity contribution in [3.05, 3.63) is 55.8 Å². The van der Waals surface area contributed by atoms with Gasteiger partial charge in [-0.05, 0) is 56.5 Å². The lowest BCUT2D eigenvalue weighted by Gasteiger charge is -2.14. The molecule has 0 saturated heterocycles. The predicted octanol–water partition coefficient (Wildman–Crippen LogP) is 5.31. The molecular formula is C13H12Br2ClNO. The molecule has 2 rings (SSSR count). The fraction of sp³-hybridized carbons (Fsp3) is 0.231. The minimum Gasteiger partial charge on any atom is -0.452 e. The maximum atomic E-state index is 6.15. The molecule has 0 bridgehead atoms. The maximum Gasteiger partial charge on any atom is 0.183 e. The van der Waals surface area contributed by atoms with Gasteiger partial charge in [-0.2, -0.15) is 0 Å². The quantitative estimate of drug-likeness (QED) is 0.762. The second-order valence-corrected chi connectivity index (χ2v) is 5.94. The third kappa shape index (κ3) is 3.38. The summed E-state index contributed by atoms with van der Waals surface area (Å²) in [6.45, 7) is 2.73. The van der Waals surface area contributed by atoms with Crippen molar-refractivity contribution in [3.8, 4) is 0 Å². The molecule has 0 spiro atoms. The molecule has 2 nitrogen and oxygen atoms in total. The van der Waals surface area contributed by atoms with E-state index in [2.05, 4.69) is 44.1 Å². The number of halogens is 3. The molecule has 1 aromatic heterocycles. The van der Waals surface area contributed by atoms with Gasteiger partial charge in [-0.15, -0.1) is 0 Å². The van der Waals surface area contributed by atoms with E-state index in [1.165, 1.54) is 0 Å². The SMILES string of the molecule is CC(NCc1cc(Br)c(Br)o1)c1ccccc1Cl. The molecule has 2 aromatic rings. The van der Waals surface area contributed by atoms with Crippen molar-refractivity contribution in [2.24, 2.45) is 0 Å². The molecule has 1 N–H and O–H groups in total. The summed E-state index contributed by atoms with van der Waals surface area (Å²) in [5.41, 5.74) is 1.09. The maximum absolute atomic E-state index is 6.15. The van der Waals surface area contributed by atoms with Crippen LogP contribution in [0, 0.1) is 0 Å². The molecule has 0 saturated carbocycles. The van der Waals surface area contributed by atoms with E-state index < -0.39 is 0 Å². The van der Waals surface area contributed by atoms with Gasteiger partial charge in [0.25, 0.3) is 0 Å². The van der Waals surface area contributed by atoms with E-state index in [0.717, 1.165) is 20.8 Å². The van der Waals surface area contributed by atoms with E-state index in [4.69, 9.17) is 16.0 Å². The highest BCUT2D eigenvalue weighted by atomic mass is 79.9. The summed E-state index contributed by atoms with van der Waals surface area (Å²) in [5.74, 6) is 0.868. The van der Waals surface area contributed by atoms with Crippen molar-refractivity contribution in [2.75, 3.05) is 0 Å². The molecular weight excluding hydrogens is 381 g/mol. The van der Waals surface area contributed by atoms with Gasteiger partial charge in [0.2, 0.25) is 0 Å². The minimum absolute atomic E-state index is 0.168. The Bertz CT molecular complexity index is 522. The van der Waals surface area contributed by atoms with Crippen LogP contribution >= 0.6 is 43.5 Å². The largest absolute Gasteiger partial charge is 0.452 e. The van der Waals surface area contributed by atoms with Gasteiger partial charge in [-0.1, -0.05) is 29.8 Å². The lowest BCUT2D eigenvalue weighted by Crippen LogP contribution is -2.18. The predicted molar refractivity (Wildman–Crippen MR) is 80.8 cm³/mol. The van der Waals surface area contributed by atoms with Gasteiger partial charge in [0, 0.05) is 11.1 Å². The molecule has 1 heterocycles. The molecule has 0 amide bonds. The fourth-order valence-electron chi connectivity index (χ4n) is 1.67. The zero-order valence-corrected chi connectivity index (χ0v) is 13.6. The summed E-state index contributed by atoms with van der Waals surface area (Å²) in [6, 6.07) is 9.94. The fourth-order valence-corrected chi connectivity index (χ4v) is 2.63. The van der Waals surface area contributed by atoms with Gasteiger partial charge in [-0.25, -0.2) is 0 Å². The lowest BCUT2D eigenvalue weighted by atomic mass is 10.1. The van der Waals surface area contributed by atoms with Crippen LogP contribution in [-0.4, -0.2) is 0 Å². The average molecular weight is 394 g/mol. The third-order valence-corrected chi connectivity index (χ3v) is 4.70. The first-order chi connectivity index (χ1) is 8.58. The Morgan fingerprint density at radius 1 is 1.33 bits per heavy atom. The van der Waals surface area contributed by atoms with Crippen LogP contribution < -0.4 is 5.32 Å². The molecule has 1 aromatic carbocycles. The molecule has 5 heteroatoms. The topological polar surface area (TPSA) is 25.2 Å². The number of nitrogens with one attached hydrogen (secondary N) is 1. The van der Waals surface area contributed by atoms with E-state index in [1.807, 2.05) is 30.3 Å². The Balaban J connectivity index is 2.00. The molecule has 18 heavy (non-hydrogen) atoms. The standard InChI is InChI=1S/C13H12Br2ClNO/c1-8(10-4-2-3-5-12(10)16)17-7-9-6-11(14)13(15)18-9/h2-6,8,17H,7H2,1H3. The number of hydrogen-bond donors (Lipinski definition) is 1. The van der Waals surface area contributed by atoms with Crippen LogP contribution in [0.4, 0.5) is 0 Å². The van der Waals surface area contributed by atoms with Gasteiger partial charge in [0.1, 0.15) is 5.76 Å². The Morgan fingerprint density at radius 2 is 2.06 bits per heavy atom. The van der Waals surface area contributed by atoms with Gasteiger partial charge in [-0.3, -0.25) is 0 Å². The molecule has 0 fully saturated rings. The van der Waals surface area contributed by atoms with E-state index in [1.54, 1.807) is 0 Å². The average Bonchev–Trinajstić information content (AvgIpc) is 2.66. The van der Waals surface area contributed by atoms with Crippen molar-refractivity contribution in [1.82, 2.24) is 5.32 Å². The molecule has 0 aliphatic heterocycles. The summed E-state index contributed by atoms with van der Waals surface area (Å²) >= 11 is 12.9. The first-order valence-electron chi connectivity index (χ1n) is 5.49. The highest BCUT2D eigenvalue weighted by Gasteiger charge is 2.11. The Morgan fingerprint density at radius 3 is 2.67 bits per heavy atom. The van der Waals surface area contributed by atoms with E-state index >= 15 is 0 Å². The normalized spacial score (nSPS) is 12.7. The van der Waals surface area contributed by atoms with E-state index in [0.29, 0.717) is 11.2 Å². The van der Waals surface area contributed by atoms with Crippen LogP contribution in [0.15, 0.2) is 43.9 Å². The van der Waals surface area contributed by atoms with Crippen LogP contribution in [0.25, 0.3) is 0 Å². The van der Waals surface area contributed by atoms with Crippen LogP contribution in [0.1, 0.15) is 24.3 Å².